The molecule has 0 radical (unpaired) electrons. The van der Waals surface area contributed by atoms with Gasteiger partial charge >= 0.3 is 0 Å². The molecular formula is C8H9NO. The lowest BCUT2D eigenvalue weighted by molar-refractivity contribution is 0.464. The van der Waals surface area contributed by atoms with Gasteiger partial charge in [-0.25, -0.2) is 0 Å². The van der Waals surface area contributed by atoms with Crippen LogP contribution in [0.4, 0.5) is 0 Å². The van der Waals surface area contributed by atoms with Crippen LogP contribution >= 0.6 is 0 Å². The molecule has 2 rings (SSSR count). The minimum atomic E-state index is 0.352. The second kappa shape index (κ2) is 1.97. The van der Waals surface area contributed by atoms with Gasteiger partial charge in [0.05, 0.1) is 5.69 Å². The van der Waals surface area contributed by atoms with Gasteiger partial charge in [0.1, 0.15) is 5.75 Å². The molecule has 0 aromatic carbocycles. The summed E-state index contributed by atoms with van der Waals surface area (Å²) in [6.45, 7) is 0. The molecule has 10 heavy (non-hydrogen) atoms. The molecule has 52 valence electrons. The third-order valence-electron chi connectivity index (χ3n) is 1.78. The molecule has 1 aliphatic rings. The summed E-state index contributed by atoms with van der Waals surface area (Å²) in [6, 6.07) is 3.45. The first-order valence-electron chi connectivity index (χ1n) is 3.52. The van der Waals surface area contributed by atoms with E-state index < -0.39 is 0 Å². The Bertz CT molecular complexity index is 243. The van der Waals surface area contributed by atoms with Gasteiger partial charge in [-0.05, 0) is 25.0 Å². The van der Waals surface area contributed by atoms with Crippen LogP contribution in [0.15, 0.2) is 18.3 Å². The molecule has 2 nitrogen and oxygen atoms in total. The number of hydrogen-bond acceptors (Lipinski definition) is 2. The van der Waals surface area contributed by atoms with Gasteiger partial charge in [-0.15, -0.1) is 0 Å². The fourth-order valence-electron chi connectivity index (χ4n) is 1.08. The van der Waals surface area contributed by atoms with Gasteiger partial charge in [0, 0.05) is 12.1 Å². The molecule has 1 aliphatic carbocycles. The molecule has 1 saturated carbocycles. The smallest absolute Gasteiger partial charge is 0.137 e. The normalized spacial score (nSPS) is 17.2. The number of rotatable bonds is 1. The maximum absolute atomic E-state index is 9.26. The van der Waals surface area contributed by atoms with Gasteiger partial charge in [0.2, 0.25) is 0 Å². The van der Waals surface area contributed by atoms with E-state index in [0.29, 0.717) is 11.7 Å². The van der Waals surface area contributed by atoms with Crippen molar-refractivity contribution in [1.29, 1.82) is 0 Å². The van der Waals surface area contributed by atoms with Crippen molar-refractivity contribution in [3.8, 4) is 5.75 Å². The van der Waals surface area contributed by atoms with Crippen LogP contribution in [0, 0.1) is 0 Å². The number of aromatic nitrogens is 1. The van der Waals surface area contributed by atoms with Crippen LogP contribution < -0.4 is 0 Å². The summed E-state index contributed by atoms with van der Waals surface area (Å²) >= 11 is 0. The van der Waals surface area contributed by atoms with Crippen LogP contribution in [0.5, 0.6) is 5.75 Å². The van der Waals surface area contributed by atoms with Gasteiger partial charge in [0.25, 0.3) is 0 Å². The minimum absolute atomic E-state index is 0.352. The van der Waals surface area contributed by atoms with Crippen molar-refractivity contribution in [2.75, 3.05) is 0 Å². The lowest BCUT2D eigenvalue weighted by atomic mass is 10.2. The van der Waals surface area contributed by atoms with Crippen molar-refractivity contribution in [2.45, 2.75) is 18.8 Å². The summed E-state index contributed by atoms with van der Waals surface area (Å²) in [6.07, 6.45) is 4.10. The second-order valence-corrected chi connectivity index (χ2v) is 2.68. The van der Waals surface area contributed by atoms with E-state index in [0.717, 1.165) is 5.69 Å². The minimum Gasteiger partial charge on any atom is -0.506 e. The lowest BCUT2D eigenvalue weighted by Gasteiger charge is -1.97. The zero-order chi connectivity index (χ0) is 6.97. The molecule has 0 unspecified atom stereocenters. The van der Waals surface area contributed by atoms with E-state index in [4.69, 9.17) is 0 Å². The molecule has 0 aliphatic heterocycles. The molecule has 1 heterocycles. The van der Waals surface area contributed by atoms with Gasteiger partial charge in [-0.3, -0.25) is 4.98 Å². The number of nitrogens with zero attached hydrogens (tertiary/aromatic N) is 1. The predicted molar refractivity (Wildman–Crippen MR) is 37.9 cm³/mol. The Morgan fingerprint density at radius 2 is 2.30 bits per heavy atom. The third-order valence-corrected chi connectivity index (χ3v) is 1.78. The molecule has 0 spiro atoms. The van der Waals surface area contributed by atoms with E-state index in [1.54, 1.807) is 18.3 Å². The Hall–Kier alpha value is -1.05. The first kappa shape index (κ1) is 5.71. The molecule has 0 bridgehead atoms. The van der Waals surface area contributed by atoms with Crippen molar-refractivity contribution in [2.24, 2.45) is 0 Å². The largest absolute Gasteiger partial charge is 0.506 e. The SMILES string of the molecule is Oc1cccnc1C1CC1. The van der Waals surface area contributed by atoms with E-state index in [9.17, 15) is 5.11 Å². The summed E-state index contributed by atoms with van der Waals surface area (Å²) in [5.41, 5.74) is 0.877. The average Bonchev–Trinajstić information content (AvgIpc) is 2.71. The first-order valence-corrected chi connectivity index (χ1v) is 3.52. The number of aromatic hydroxyl groups is 1. The first-order chi connectivity index (χ1) is 4.88. The third kappa shape index (κ3) is 0.856. The molecule has 1 aromatic rings. The summed E-state index contributed by atoms with van der Waals surface area (Å²) in [5, 5.41) is 9.26. The standard InChI is InChI=1S/C8H9NO/c10-7-2-1-5-9-8(7)6-3-4-6/h1-2,5-6,10H,3-4H2. The molecular weight excluding hydrogens is 126 g/mol. The average molecular weight is 135 g/mol. The summed E-state index contributed by atoms with van der Waals surface area (Å²) in [5.74, 6) is 0.895. The van der Waals surface area contributed by atoms with Gasteiger partial charge in [-0.2, -0.15) is 0 Å². The Labute approximate surface area is 59.5 Å². The molecule has 1 fully saturated rings. The zero-order valence-electron chi connectivity index (χ0n) is 5.62. The highest BCUT2D eigenvalue weighted by molar-refractivity contribution is 5.30. The van der Waals surface area contributed by atoms with E-state index >= 15 is 0 Å². The Kier molecular flexibility index (Phi) is 1.13. The second-order valence-electron chi connectivity index (χ2n) is 2.68. The van der Waals surface area contributed by atoms with Gasteiger partial charge in [0.15, 0.2) is 0 Å². The molecule has 1 aromatic heterocycles. The summed E-state index contributed by atoms with van der Waals surface area (Å²) in [4.78, 5) is 4.09. The van der Waals surface area contributed by atoms with Crippen molar-refractivity contribution in [3.05, 3.63) is 24.0 Å². The van der Waals surface area contributed by atoms with Crippen LogP contribution in [-0.2, 0) is 0 Å². The topological polar surface area (TPSA) is 33.1 Å². The van der Waals surface area contributed by atoms with Crippen LogP contribution in [0.25, 0.3) is 0 Å². The lowest BCUT2D eigenvalue weighted by Crippen LogP contribution is -1.84. The highest BCUT2D eigenvalue weighted by Crippen LogP contribution is 2.42. The van der Waals surface area contributed by atoms with Crippen LogP contribution in [-0.4, -0.2) is 10.1 Å². The van der Waals surface area contributed by atoms with E-state index in [2.05, 4.69) is 4.98 Å². The van der Waals surface area contributed by atoms with Crippen LogP contribution in [0.3, 0.4) is 0 Å². The van der Waals surface area contributed by atoms with E-state index in [1.807, 2.05) is 0 Å². The zero-order valence-corrected chi connectivity index (χ0v) is 5.62. The van der Waals surface area contributed by atoms with Crippen LogP contribution in [0.2, 0.25) is 0 Å². The molecule has 0 saturated heterocycles. The van der Waals surface area contributed by atoms with Gasteiger partial charge < -0.3 is 5.11 Å². The molecule has 0 atom stereocenters. The summed E-state index contributed by atoms with van der Waals surface area (Å²) < 4.78 is 0. The Morgan fingerprint density at radius 3 is 2.90 bits per heavy atom. The number of hydrogen-bond donors (Lipinski definition) is 1. The van der Waals surface area contributed by atoms with E-state index in [1.165, 1.54) is 12.8 Å². The monoisotopic (exact) mass is 135 g/mol. The molecule has 1 N–H and O–H groups in total. The van der Waals surface area contributed by atoms with Crippen LogP contribution in [0.1, 0.15) is 24.5 Å². The van der Waals surface area contributed by atoms with Crippen molar-refractivity contribution in [1.82, 2.24) is 4.98 Å². The molecule has 2 heteroatoms. The Balaban J connectivity index is 2.39. The van der Waals surface area contributed by atoms with Crippen molar-refractivity contribution in [3.63, 3.8) is 0 Å². The molecule has 0 amide bonds. The highest BCUT2D eigenvalue weighted by Gasteiger charge is 2.27. The predicted octanol–water partition coefficient (Wildman–Crippen LogP) is 1.66. The maximum atomic E-state index is 9.26. The fourth-order valence-corrected chi connectivity index (χ4v) is 1.08. The number of pyridine rings is 1. The van der Waals surface area contributed by atoms with E-state index in [-0.39, 0.29) is 0 Å². The van der Waals surface area contributed by atoms with Crippen molar-refractivity contribution >= 4 is 0 Å². The fraction of sp³-hybridized carbons (Fsp3) is 0.375. The Morgan fingerprint density at radius 1 is 1.50 bits per heavy atom. The van der Waals surface area contributed by atoms with Crippen molar-refractivity contribution < 1.29 is 5.11 Å². The summed E-state index contributed by atoms with van der Waals surface area (Å²) in [7, 11) is 0. The van der Waals surface area contributed by atoms with Gasteiger partial charge in [-0.1, -0.05) is 0 Å². The maximum Gasteiger partial charge on any atom is 0.137 e. The quantitative estimate of drug-likeness (QED) is 0.635. The highest BCUT2D eigenvalue weighted by atomic mass is 16.3.